The lowest BCUT2D eigenvalue weighted by Crippen LogP contribution is -2.13. The molecule has 0 aliphatic rings. The highest BCUT2D eigenvalue weighted by molar-refractivity contribution is 5.93. The Morgan fingerprint density at radius 1 is 1.00 bits per heavy atom. The molecule has 3 rings (SSSR count). The van der Waals surface area contributed by atoms with Gasteiger partial charge in [0.05, 0.1) is 18.3 Å². The number of ether oxygens (including phenoxy) is 1. The third kappa shape index (κ3) is 3.66. The first-order chi connectivity index (χ1) is 11.8. The number of methoxy groups -OCH3 is 1. The Morgan fingerprint density at radius 2 is 1.79 bits per heavy atom. The fourth-order valence-corrected chi connectivity index (χ4v) is 2.72. The Morgan fingerprint density at radius 3 is 2.54 bits per heavy atom. The van der Waals surface area contributed by atoms with Gasteiger partial charge in [-0.25, -0.2) is 4.98 Å². The Balaban J connectivity index is 1.95. The van der Waals surface area contributed by atoms with Gasteiger partial charge in [-0.15, -0.1) is 0 Å². The lowest BCUT2D eigenvalue weighted by atomic mass is 10.1. The summed E-state index contributed by atoms with van der Waals surface area (Å²) in [7, 11) is 3.65. The van der Waals surface area contributed by atoms with Crippen LogP contribution in [0.2, 0.25) is 0 Å². The summed E-state index contributed by atoms with van der Waals surface area (Å²) in [6.07, 6.45) is 1.07. The van der Waals surface area contributed by atoms with Crippen LogP contribution < -0.4 is 15.4 Å². The summed E-state index contributed by atoms with van der Waals surface area (Å²) in [4.78, 5) is 4.81. The highest BCUT2D eigenvalue weighted by Gasteiger charge is 2.07. The van der Waals surface area contributed by atoms with E-state index in [0.717, 1.165) is 53.1 Å². The van der Waals surface area contributed by atoms with Crippen LogP contribution in [0.3, 0.4) is 0 Å². The molecule has 4 nitrogen and oxygen atoms in total. The molecule has 1 aromatic heterocycles. The molecule has 0 amide bonds. The summed E-state index contributed by atoms with van der Waals surface area (Å²) in [6.45, 7) is 1.93. The fraction of sp³-hybridized carbons (Fsp3) is 0.250. The predicted octanol–water partition coefficient (Wildman–Crippen LogP) is 3.93. The lowest BCUT2D eigenvalue weighted by Gasteiger charge is -2.12. The minimum absolute atomic E-state index is 0.852. The zero-order valence-corrected chi connectivity index (χ0v) is 14.2. The van der Waals surface area contributed by atoms with Crippen molar-refractivity contribution in [2.75, 3.05) is 32.6 Å². The number of pyridine rings is 1. The summed E-state index contributed by atoms with van der Waals surface area (Å²) in [5.41, 5.74) is 4.18. The average molecular weight is 321 g/mol. The van der Waals surface area contributed by atoms with Crippen molar-refractivity contribution in [2.45, 2.75) is 6.42 Å². The number of benzene rings is 2. The molecule has 0 spiro atoms. The molecule has 0 aliphatic heterocycles. The molecule has 0 bridgehead atoms. The number of fused-ring (bicyclic) bond motifs is 1. The molecule has 0 radical (unpaired) electrons. The van der Waals surface area contributed by atoms with Crippen LogP contribution in [0.25, 0.3) is 22.2 Å². The molecule has 0 unspecified atom stereocenters. The summed E-state index contributed by atoms with van der Waals surface area (Å²) in [5, 5.41) is 7.88. The molecule has 3 aromatic rings. The molecule has 0 atom stereocenters. The molecule has 4 heteroatoms. The van der Waals surface area contributed by atoms with E-state index >= 15 is 0 Å². The van der Waals surface area contributed by atoms with E-state index in [-0.39, 0.29) is 0 Å². The lowest BCUT2D eigenvalue weighted by molar-refractivity contribution is 0.415. The monoisotopic (exact) mass is 321 g/mol. The van der Waals surface area contributed by atoms with Crippen LogP contribution >= 0.6 is 0 Å². The van der Waals surface area contributed by atoms with Crippen LogP contribution in [0.5, 0.6) is 5.75 Å². The average Bonchev–Trinajstić information content (AvgIpc) is 2.65. The minimum atomic E-state index is 0.852. The molecule has 0 aliphatic carbocycles. The van der Waals surface area contributed by atoms with E-state index in [4.69, 9.17) is 9.72 Å². The van der Waals surface area contributed by atoms with Crippen molar-refractivity contribution < 1.29 is 4.74 Å². The number of nitrogens with one attached hydrogen (secondary N) is 2. The van der Waals surface area contributed by atoms with E-state index in [2.05, 4.69) is 34.9 Å². The molecule has 2 N–H and O–H groups in total. The summed E-state index contributed by atoms with van der Waals surface area (Å²) >= 11 is 0. The molecule has 0 saturated carbocycles. The zero-order valence-electron chi connectivity index (χ0n) is 14.2. The molecular weight excluding hydrogens is 298 g/mol. The molecule has 2 aromatic carbocycles. The number of aromatic nitrogens is 1. The van der Waals surface area contributed by atoms with Gasteiger partial charge >= 0.3 is 0 Å². The predicted molar refractivity (Wildman–Crippen MR) is 101 cm³/mol. The van der Waals surface area contributed by atoms with Crippen molar-refractivity contribution in [3.63, 3.8) is 0 Å². The Bertz CT molecular complexity index is 800. The molecule has 0 saturated heterocycles. The highest BCUT2D eigenvalue weighted by Crippen LogP contribution is 2.29. The van der Waals surface area contributed by atoms with E-state index in [0.29, 0.717) is 0 Å². The Hall–Kier alpha value is -2.59. The van der Waals surface area contributed by atoms with Gasteiger partial charge in [0.1, 0.15) is 5.75 Å². The van der Waals surface area contributed by atoms with Gasteiger partial charge in [0, 0.05) is 23.2 Å². The topological polar surface area (TPSA) is 46.2 Å². The molecule has 124 valence electrons. The van der Waals surface area contributed by atoms with Crippen LogP contribution in [0.15, 0.2) is 54.6 Å². The summed E-state index contributed by atoms with van der Waals surface area (Å²) < 4.78 is 5.24. The Kier molecular flexibility index (Phi) is 5.29. The third-order valence-electron chi connectivity index (χ3n) is 4.02. The van der Waals surface area contributed by atoms with Crippen molar-refractivity contribution >= 4 is 16.6 Å². The highest BCUT2D eigenvalue weighted by atomic mass is 16.5. The van der Waals surface area contributed by atoms with Crippen molar-refractivity contribution in [1.82, 2.24) is 10.3 Å². The first-order valence-corrected chi connectivity index (χ1v) is 8.24. The van der Waals surface area contributed by atoms with E-state index in [1.165, 1.54) is 0 Å². The van der Waals surface area contributed by atoms with E-state index in [1.54, 1.807) is 7.11 Å². The number of hydrogen-bond acceptors (Lipinski definition) is 4. The van der Waals surface area contributed by atoms with Gasteiger partial charge in [-0.2, -0.15) is 0 Å². The molecule has 0 fully saturated rings. The van der Waals surface area contributed by atoms with E-state index in [1.807, 2.05) is 37.4 Å². The van der Waals surface area contributed by atoms with Gasteiger partial charge in [0.25, 0.3) is 0 Å². The van der Waals surface area contributed by atoms with E-state index in [9.17, 15) is 0 Å². The van der Waals surface area contributed by atoms with Crippen LogP contribution in [-0.2, 0) is 0 Å². The Labute approximate surface area is 142 Å². The number of anilines is 1. The number of para-hydroxylation sites is 1. The third-order valence-corrected chi connectivity index (χ3v) is 4.02. The maximum atomic E-state index is 5.24. The van der Waals surface area contributed by atoms with Crippen LogP contribution in [-0.4, -0.2) is 32.2 Å². The second-order valence-electron chi connectivity index (χ2n) is 5.68. The smallest absolute Gasteiger partial charge is 0.118 e. The number of nitrogens with zero attached hydrogens (tertiary/aromatic N) is 1. The van der Waals surface area contributed by atoms with Gasteiger partial charge in [0.15, 0.2) is 0 Å². The van der Waals surface area contributed by atoms with Crippen molar-refractivity contribution in [2.24, 2.45) is 0 Å². The molecule has 24 heavy (non-hydrogen) atoms. The van der Waals surface area contributed by atoms with E-state index < -0.39 is 0 Å². The second-order valence-corrected chi connectivity index (χ2v) is 5.68. The normalized spacial score (nSPS) is 10.8. The zero-order chi connectivity index (χ0) is 16.8. The maximum Gasteiger partial charge on any atom is 0.118 e. The van der Waals surface area contributed by atoms with Crippen molar-refractivity contribution in [3.8, 4) is 17.0 Å². The van der Waals surface area contributed by atoms with Crippen molar-refractivity contribution in [3.05, 3.63) is 54.6 Å². The quantitative estimate of drug-likeness (QED) is 0.647. The van der Waals surface area contributed by atoms with Crippen LogP contribution in [0.1, 0.15) is 6.42 Å². The SMILES string of the molecule is CNCCCNc1cc(-c2ccc(OC)cc2)nc2ccccc12. The molecule has 1 heterocycles. The molecular formula is C20H23N3O. The van der Waals surface area contributed by atoms with Gasteiger partial charge in [-0.1, -0.05) is 18.2 Å². The first-order valence-electron chi connectivity index (χ1n) is 8.24. The van der Waals surface area contributed by atoms with Crippen LogP contribution in [0, 0.1) is 0 Å². The minimum Gasteiger partial charge on any atom is -0.497 e. The van der Waals surface area contributed by atoms with Gasteiger partial charge in [0.2, 0.25) is 0 Å². The number of rotatable bonds is 7. The maximum absolute atomic E-state index is 5.24. The van der Waals surface area contributed by atoms with Gasteiger partial charge in [-0.05, 0) is 56.4 Å². The standard InChI is InChI=1S/C20H23N3O/c1-21-12-5-13-22-20-14-19(15-8-10-16(24-2)11-9-15)23-18-7-4-3-6-17(18)20/h3-4,6-11,14,21H,5,12-13H2,1-2H3,(H,22,23). The summed E-state index contributed by atoms with van der Waals surface area (Å²) in [6, 6.07) is 18.4. The van der Waals surface area contributed by atoms with Crippen molar-refractivity contribution in [1.29, 1.82) is 0 Å². The van der Waals surface area contributed by atoms with Gasteiger partial charge < -0.3 is 15.4 Å². The summed E-state index contributed by atoms with van der Waals surface area (Å²) in [5.74, 6) is 0.852. The van der Waals surface area contributed by atoms with Crippen LogP contribution in [0.4, 0.5) is 5.69 Å². The van der Waals surface area contributed by atoms with Gasteiger partial charge in [-0.3, -0.25) is 0 Å². The first kappa shape index (κ1) is 16.3. The fourth-order valence-electron chi connectivity index (χ4n) is 2.72. The largest absolute Gasteiger partial charge is 0.497 e. The second kappa shape index (κ2) is 7.79. The number of hydrogen-bond donors (Lipinski definition) is 2.